The van der Waals surface area contributed by atoms with E-state index in [-0.39, 0.29) is 18.5 Å². The highest BCUT2D eigenvalue weighted by atomic mass is 16.4. The summed E-state index contributed by atoms with van der Waals surface area (Å²) >= 11 is 0. The summed E-state index contributed by atoms with van der Waals surface area (Å²) in [6.45, 7) is 5.97. The lowest BCUT2D eigenvalue weighted by Crippen LogP contribution is -2.41. The predicted molar refractivity (Wildman–Crippen MR) is 65.4 cm³/mol. The van der Waals surface area contributed by atoms with E-state index in [4.69, 9.17) is 5.11 Å². The van der Waals surface area contributed by atoms with E-state index in [0.717, 1.165) is 0 Å². The van der Waals surface area contributed by atoms with Gasteiger partial charge in [-0.05, 0) is 12.8 Å². The van der Waals surface area contributed by atoms with Crippen molar-refractivity contribution in [2.75, 3.05) is 13.1 Å². The monoisotopic (exact) mass is 240 g/mol. The molecule has 1 unspecified atom stereocenters. The summed E-state index contributed by atoms with van der Waals surface area (Å²) < 4.78 is 0. The van der Waals surface area contributed by atoms with Crippen molar-refractivity contribution >= 4 is 12.0 Å². The molecule has 96 valence electrons. The Bertz CT molecular complexity index is 315. The van der Waals surface area contributed by atoms with Crippen molar-refractivity contribution < 1.29 is 14.7 Å². The second-order valence-corrected chi connectivity index (χ2v) is 4.00. The maximum atomic E-state index is 11.3. The van der Waals surface area contributed by atoms with Crippen molar-refractivity contribution in [1.82, 2.24) is 10.6 Å². The van der Waals surface area contributed by atoms with Crippen molar-refractivity contribution in [1.29, 1.82) is 0 Å². The molecule has 1 atom stereocenters. The van der Waals surface area contributed by atoms with Gasteiger partial charge in [0.2, 0.25) is 0 Å². The molecule has 3 N–H and O–H groups in total. The summed E-state index contributed by atoms with van der Waals surface area (Å²) in [5, 5.41) is 14.1. The molecule has 0 rings (SSSR count). The number of carboxylic acids is 1. The highest BCUT2D eigenvalue weighted by Gasteiger charge is 2.21. The van der Waals surface area contributed by atoms with Gasteiger partial charge >= 0.3 is 12.0 Å². The summed E-state index contributed by atoms with van der Waals surface area (Å²) in [4.78, 5) is 22.2. The second kappa shape index (κ2) is 8.45. The van der Waals surface area contributed by atoms with Crippen LogP contribution in [0.5, 0.6) is 0 Å². The Morgan fingerprint density at radius 1 is 1.29 bits per heavy atom. The SMILES string of the molecule is CC#CCCNC(=O)NCC(C(=O)O)C(C)C. The van der Waals surface area contributed by atoms with E-state index in [2.05, 4.69) is 22.5 Å². The van der Waals surface area contributed by atoms with Crippen LogP contribution in [0.15, 0.2) is 0 Å². The highest BCUT2D eigenvalue weighted by molar-refractivity contribution is 5.75. The summed E-state index contributed by atoms with van der Waals surface area (Å²) in [5.41, 5.74) is 0. The molecule has 0 saturated heterocycles. The number of carboxylic acid groups (broad SMARTS) is 1. The van der Waals surface area contributed by atoms with Gasteiger partial charge in [-0.15, -0.1) is 11.8 Å². The van der Waals surface area contributed by atoms with E-state index >= 15 is 0 Å². The van der Waals surface area contributed by atoms with Crippen molar-refractivity contribution in [2.24, 2.45) is 11.8 Å². The average molecular weight is 240 g/mol. The smallest absolute Gasteiger partial charge is 0.314 e. The maximum Gasteiger partial charge on any atom is 0.314 e. The third-order valence-electron chi connectivity index (χ3n) is 2.32. The fourth-order valence-electron chi connectivity index (χ4n) is 1.24. The number of carbonyl (C=O) groups excluding carboxylic acids is 1. The van der Waals surface area contributed by atoms with Crippen LogP contribution >= 0.6 is 0 Å². The molecule has 0 aliphatic heterocycles. The molecule has 5 heteroatoms. The fourth-order valence-corrected chi connectivity index (χ4v) is 1.24. The third-order valence-corrected chi connectivity index (χ3v) is 2.32. The van der Waals surface area contributed by atoms with Gasteiger partial charge < -0.3 is 15.7 Å². The molecular formula is C12H20N2O3. The summed E-state index contributed by atoms with van der Waals surface area (Å²) in [6, 6.07) is -0.352. The van der Waals surface area contributed by atoms with Gasteiger partial charge in [0.05, 0.1) is 5.92 Å². The van der Waals surface area contributed by atoms with Crippen LogP contribution in [0.4, 0.5) is 4.79 Å². The van der Waals surface area contributed by atoms with E-state index in [0.29, 0.717) is 13.0 Å². The molecule has 17 heavy (non-hydrogen) atoms. The van der Waals surface area contributed by atoms with Crippen LogP contribution in [0.25, 0.3) is 0 Å². The molecule has 0 bridgehead atoms. The van der Waals surface area contributed by atoms with Crippen LogP contribution in [0.1, 0.15) is 27.2 Å². The molecule has 0 aromatic heterocycles. The van der Waals surface area contributed by atoms with E-state index in [1.165, 1.54) is 0 Å². The topological polar surface area (TPSA) is 78.4 Å². The molecule has 0 spiro atoms. The van der Waals surface area contributed by atoms with Gasteiger partial charge in [-0.1, -0.05) is 13.8 Å². The van der Waals surface area contributed by atoms with E-state index in [1.807, 2.05) is 13.8 Å². The Hall–Kier alpha value is -1.70. The first-order valence-electron chi connectivity index (χ1n) is 5.63. The fraction of sp³-hybridized carbons (Fsp3) is 0.667. The Morgan fingerprint density at radius 3 is 2.41 bits per heavy atom. The van der Waals surface area contributed by atoms with Crippen molar-refractivity contribution in [2.45, 2.75) is 27.2 Å². The van der Waals surface area contributed by atoms with Gasteiger partial charge in [-0.3, -0.25) is 4.79 Å². The molecule has 5 nitrogen and oxygen atoms in total. The zero-order chi connectivity index (χ0) is 13.3. The lowest BCUT2D eigenvalue weighted by Gasteiger charge is -2.16. The summed E-state index contributed by atoms with van der Waals surface area (Å²) in [7, 11) is 0. The summed E-state index contributed by atoms with van der Waals surface area (Å²) in [6.07, 6.45) is 0.594. The highest BCUT2D eigenvalue weighted by Crippen LogP contribution is 2.09. The van der Waals surface area contributed by atoms with Crippen LogP contribution in [0.2, 0.25) is 0 Å². The first-order valence-corrected chi connectivity index (χ1v) is 5.63. The number of rotatable bonds is 6. The predicted octanol–water partition coefficient (Wildman–Crippen LogP) is 1.06. The molecule has 0 aromatic rings. The molecule has 0 heterocycles. The van der Waals surface area contributed by atoms with E-state index < -0.39 is 11.9 Å². The normalized spacial score (nSPS) is 11.3. The van der Waals surface area contributed by atoms with Gasteiger partial charge in [-0.2, -0.15) is 0 Å². The Labute approximate surface area is 102 Å². The standard InChI is InChI=1S/C12H20N2O3/c1-4-5-6-7-13-12(17)14-8-10(9(2)3)11(15)16/h9-10H,6-8H2,1-3H3,(H,15,16)(H2,13,14,17). The quantitative estimate of drug-likeness (QED) is 0.480. The van der Waals surface area contributed by atoms with Gasteiger partial charge in [0, 0.05) is 19.5 Å². The number of carbonyl (C=O) groups is 2. The number of hydrogen-bond acceptors (Lipinski definition) is 2. The molecule has 2 amide bonds. The average Bonchev–Trinajstić information content (AvgIpc) is 2.23. The zero-order valence-corrected chi connectivity index (χ0v) is 10.5. The molecule has 0 saturated carbocycles. The van der Waals surface area contributed by atoms with E-state index in [1.54, 1.807) is 6.92 Å². The van der Waals surface area contributed by atoms with Crippen molar-refractivity contribution in [3.8, 4) is 11.8 Å². The maximum absolute atomic E-state index is 11.3. The number of aliphatic carboxylic acids is 1. The Kier molecular flexibility index (Phi) is 7.61. The lowest BCUT2D eigenvalue weighted by atomic mass is 9.96. The first-order chi connectivity index (χ1) is 7.99. The van der Waals surface area contributed by atoms with Gasteiger partial charge in [0.15, 0.2) is 0 Å². The zero-order valence-electron chi connectivity index (χ0n) is 10.5. The number of amides is 2. The molecule has 0 radical (unpaired) electrons. The number of hydrogen-bond donors (Lipinski definition) is 3. The molecule has 0 aromatic carbocycles. The first kappa shape index (κ1) is 15.3. The van der Waals surface area contributed by atoms with Crippen LogP contribution in [0.3, 0.4) is 0 Å². The summed E-state index contributed by atoms with van der Waals surface area (Å²) in [5.74, 6) is 4.07. The lowest BCUT2D eigenvalue weighted by molar-refractivity contribution is -0.142. The van der Waals surface area contributed by atoms with Gasteiger partial charge in [0.25, 0.3) is 0 Å². The van der Waals surface area contributed by atoms with Gasteiger partial charge in [0.1, 0.15) is 0 Å². The third kappa shape index (κ3) is 7.23. The minimum atomic E-state index is -0.892. The van der Waals surface area contributed by atoms with Crippen LogP contribution in [0, 0.1) is 23.7 Å². The molecule has 0 aliphatic rings. The van der Waals surface area contributed by atoms with Crippen LogP contribution < -0.4 is 10.6 Å². The van der Waals surface area contributed by atoms with Crippen molar-refractivity contribution in [3.05, 3.63) is 0 Å². The molecule has 0 aliphatic carbocycles. The van der Waals surface area contributed by atoms with Crippen LogP contribution in [-0.4, -0.2) is 30.2 Å². The largest absolute Gasteiger partial charge is 0.481 e. The minimum Gasteiger partial charge on any atom is -0.481 e. The van der Waals surface area contributed by atoms with E-state index in [9.17, 15) is 9.59 Å². The molecule has 0 fully saturated rings. The van der Waals surface area contributed by atoms with Crippen molar-refractivity contribution in [3.63, 3.8) is 0 Å². The Balaban J connectivity index is 3.87. The number of nitrogens with one attached hydrogen (secondary N) is 2. The second-order valence-electron chi connectivity index (χ2n) is 4.00. The Morgan fingerprint density at radius 2 is 1.94 bits per heavy atom. The van der Waals surface area contributed by atoms with Crippen LogP contribution in [-0.2, 0) is 4.79 Å². The van der Waals surface area contributed by atoms with Gasteiger partial charge in [-0.25, -0.2) is 4.79 Å². The minimum absolute atomic E-state index is 0.0150. The molecular weight excluding hydrogens is 220 g/mol. The number of urea groups is 1.